The van der Waals surface area contributed by atoms with Gasteiger partial charge in [0.1, 0.15) is 5.75 Å². The summed E-state index contributed by atoms with van der Waals surface area (Å²) in [6.45, 7) is 4.15. The molecule has 1 fully saturated rings. The number of carbonyl (C=O) groups excluding carboxylic acids is 1. The molecule has 5 rings (SSSR count). The minimum absolute atomic E-state index is 0.00119. The van der Waals surface area contributed by atoms with E-state index in [-0.39, 0.29) is 17.4 Å². The third-order valence-corrected chi connectivity index (χ3v) is 7.01. The molecule has 1 N–H and O–H groups in total. The number of rotatable bonds is 7. The summed E-state index contributed by atoms with van der Waals surface area (Å²) >= 11 is 0. The number of aryl methyl sites for hydroxylation is 1. The molecule has 1 saturated heterocycles. The van der Waals surface area contributed by atoms with Crippen molar-refractivity contribution in [1.82, 2.24) is 14.9 Å². The largest absolute Gasteiger partial charge is 0.497 e. The Labute approximate surface area is 216 Å². The Balaban J connectivity index is 1.36. The maximum Gasteiger partial charge on any atom is 0.294 e. The molecule has 1 amide bonds. The van der Waals surface area contributed by atoms with Crippen LogP contribution in [0.2, 0.25) is 0 Å². The molecule has 0 saturated carbocycles. The predicted molar refractivity (Wildman–Crippen MR) is 146 cm³/mol. The number of anilines is 1. The van der Waals surface area contributed by atoms with Crippen LogP contribution in [0.25, 0.3) is 11.0 Å². The number of piperidine rings is 1. The Morgan fingerprint density at radius 1 is 1.03 bits per heavy atom. The van der Waals surface area contributed by atoms with Crippen molar-refractivity contribution in [2.24, 2.45) is 5.92 Å². The number of hydrogen-bond donors (Lipinski definition) is 1. The number of ether oxygens (including phenoxy) is 1. The molecule has 7 heteroatoms. The van der Waals surface area contributed by atoms with Gasteiger partial charge in [-0.25, -0.2) is 4.98 Å². The summed E-state index contributed by atoms with van der Waals surface area (Å²) in [4.78, 5) is 33.5. The van der Waals surface area contributed by atoms with Crippen LogP contribution in [0, 0.1) is 12.8 Å². The fraction of sp³-hybridized carbons (Fsp3) is 0.300. The van der Waals surface area contributed by atoms with Gasteiger partial charge in [-0.15, -0.1) is 0 Å². The van der Waals surface area contributed by atoms with Crippen molar-refractivity contribution in [3.8, 4) is 5.75 Å². The molecule has 1 aromatic heterocycles. The summed E-state index contributed by atoms with van der Waals surface area (Å²) in [7, 11) is 1.63. The second kappa shape index (κ2) is 10.9. The minimum atomic E-state index is -0.204. The normalized spacial score (nSPS) is 15.5. The van der Waals surface area contributed by atoms with E-state index in [0.29, 0.717) is 32.0 Å². The van der Waals surface area contributed by atoms with Crippen LogP contribution in [-0.2, 0) is 17.9 Å². The molecule has 1 atom stereocenters. The van der Waals surface area contributed by atoms with Gasteiger partial charge in [-0.05, 0) is 55.2 Å². The van der Waals surface area contributed by atoms with Crippen molar-refractivity contribution < 1.29 is 9.53 Å². The second-order valence-electron chi connectivity index (χ2n) is 9.65. The highest BCUT2D eigenvalue weighted by molar-refractivity contribution is 5.80. The van der Waals surface area contributed by atoms with Crippen molar-refractivity contribution in [2.75, 3.05) is 25.1 Å². The van der Waals surface area contributed by atoms with E-state index in [4.69, 9.17) is 9.72 Å². The number of nitrogens with one attached hydrogen (secondary N) is 1. The fourth-order valence-corrected chi connectivity index (χ4v) is 4.88. The van der Waals surface area contributed by atoms with E-state index in [1.165, 1.54) is 5.56 Å². The molecule has 1 aliphatic rings. The Hall–Kier alpha value is -4.13. The molecule has 190 valence electrons. The van der Waals surface area contributed by atoms with E-state index in [1.54, 1.807) is 11.7 Å². The number of aromatic nitrogens is 2. The lowest BCUT2D eigenvalue weighted by atomic mass is 9.97. The summed E-state index contributed by atoms with van der Waals surface area (Å²) in [5.74, 6) is 0.999. The maximum absolute atomic E-state index is 13.7. The Morgan fingerprint density at radius 3 is 2.51 bits per heavy atom. The van der Waals surface area contributed by atoms with E-state index >= 15 is 0 Å². The Kier molecular flexibility index (Phi) is 7.21. The van der Waals surface area contributed by atoms with Crippen LogP contribution >= 0.6 is 0 Å². The first kappa shape index (κ1) is 24.6. The lowest BCUT2D eigenvalue weighted by Crippen LogP contribution is -2.45. The van der Waals surface area contributed by atoms with E-state index in [9.17, 15) is 9.59 Å². The van der Waals surface area contributed by atoms with Crippen molar-refractivity contribution >= 4 is 22.8 Å². The van der Waals surface area contributed by atoms with Crippen LogP contribution in [-0.4, -0.2) is 35.7 Å². The summed E-state index contributed by atoms with van der Waals surface area (Å²) < 4.78 is 7.00. The summed E-state index contributed by atoms with van der Waals surface area (Å²) in [6, 6.07) is 23.6. The smallest absolute Gasteiger partial charge is 0.294 e. The van der Waals surface area contributed by atoms with Crippen molar-refractivity contribution in [2.45, 2.75) is 32.9 Å². The quantitative estimate of drug-likeness (QED) is 0.413. The third kappa shape index (κ3) is 5.50. The molecule has 2 heterocycles. The third-order valence-electron chi connectivity index (χ3n) is 7.01. The number of carbonyl (C=O) groups is 1. The average Bonchev–Trinajstić information content (AvgIpc) is 2.94. The van der Waals surface area contributed by atoms with Crippen LogP contribution in [0.3, 0.4) is 0 Å². The van der Waals surface area contributed by atoms with Crippen LogP contribution < -0.4 is 20.5 Å². The molecule has 1 aliphatic heterocycles. The summed E-state index contributed by atoms with van der Waals surface area (Å²) in [5, 5.41) is 3.06. The van der Waals surface area contributed by atoms with Crippen molar-refractivity contribution in [3.63, 3.8) is 0 Å². The predicted octanol–water partition coefficient (Wildman–Crippen LogP) is 4.29. The highest BCUT2D eigenvalue weighted by atomic mass is 16.5. The van der Waals surface area contributed by atoms with Gasteiger partial charge >= 0.3 is 0 Å². The van der Waals surface area contributed by atoms with E-state index in [2.05, 4.69) is 36.5 Å². The molecular formula is C30H32N4O3. The van der Waals surface area contributed by atoms with Gasteiger partial charge in [-0.1, -0.05) is 54.1 Å². The highest BCUT2D eigenvalue weighted by Crippen LogP contribution is 2.23. The SMILES string of the molecule is COc1ccc(CNC(=O)[C@@H]2CCCN(c3nc4ccccc4n(Cc4ccc(C)cc4)c3=O)C2)cc1. The lowest BCUT2D eigenvalue weighted by molar-refractivity contribution is -0.125. The zero-order chi connectivity index (χ0) is 25.8. The molecule has 0 radical (unpaired) electrons. The topological polar surface area (TPSA) is 76.5 Å². The number of methoxy groups -OCH3 is 1. The van der Waals surface area contributed by atoms with Gasteiger partial charge in [0.25, 0.3) is 5.56 Å². The number of para-hydroxylation sites is 2. The molecule has 3 aromatic carbocycles. The number of hydrogen-bond acceptors (Lipinski definition) is 5. The summed E-state index contributed by atoms with van der Waals surface area (Å²) in [6.07, 6.45) is 1.61. The molecule has 37 heavy (non-hydrogen) atoms. The maximum atomic E-state index is 13.7. The van der Waals surface area contributed by atoms with Gasteiger partial charge in [0.05, 0.1) is 30.6 Å². The number of amides is 1. The molecule has 0 unspecified atom stereocenters. The van der Waals surface area contributed by atoms with Crippen LogP contribution in [0.15, 0.2) is 77.6 Å². The molecule has 0 aliphatic carbocycles. The van der Waals surface area contributed by atoms with E-state index < -0.39 is 0 Å². The molecular weight excluding hydrogens is 464 g/mol. The van der Waals surface area contributed by atoms with Gasteiger partial charge in [-0.3, -0.25) is 14.2 Å². The Bertz CT molecular complexity index is 1440. The van der Waals surface area contributed by atoms with Crippen molar-refractivity contribution in [3.05, 3.63) is 99.8 Å². The van der Waals surface area contributed by atoms with Gasteiger partial charge in [0, 0.05) is 19.6 Å². The molecule has 4 aromatic rings. The van der Waals surface area contributed by atoms with Gasteiger partial charge < -0.3 is 15.0 Å². The summed E-state index contributed by atoms with van der Waals surface area (Å²) in [5.41, 5.74) is 4.71. The van der Waals surface area contributed by atoms with Gasteiger partial charge in [0.2, 0.25) is 5.91 Å². The van der Waals surface area contributed by atoms with Crippen LogP contribution in [0.5, 0.6) is 5.75 Å². The number of benzene rings is 3. The molecule has 0 spiro atoms. The molecule has 7 nitrogen and oxygen atoms in total. The standard InChI is InChI=1S/C30H32N4O3/c1-21-9-11-23(12-10-21)19-34-27-8-4-3-7-26(27)32-28(30(34)36)33-17-5-6-24(20-33)29(35)31-18-22-13-15-25(37-2)16-14-22/h3-4,7-16,24H,5-6,17-20H2,1-2H3,(H,31,35)/t24-/m1/s1. The van der Waals surface area contributed by atoms with Crippen LogP contribution in [0.1, 0.15) is 29.5 Å². The number of nitrogens with zero attached hydrogens (tertiary/aromatic N) is 3. The first-order valence-corrected chi connectivity index (χ1v) is 12.7. The fourth-order valence-electron chi connectivity index (χ4n) is 4.88. The van der Waals surface area contributed by atoms with Gasteiger partial charge in [-0.2, -0.15) is 0 Å². The lowest BCUT2D eigenvalue weighted by Gasteiger charge is -2.32. The van der Waals surface area contributed by atoms with Gasteiger partial charge in [0.15, 0.2) is 5.82 Å². The first-order chi connectivity index (χ1) is 18.0. The Morgan fingerprint density at radius 2 is 1.76 bits per heavy atom. The minimum Gasteiger partial charge on any atom is -0.497 e. The van der Waals surface area contributed by atoms with Crippen LogP contribution in [0.4, 0.5) is 5.82 Å². The molecule has 0 bridgehead atoms. The van der Waals surface area contributed by atoms with E-state index in [1.807, 2.05) is 53.4 Å². The van der Waals surface area contributed by atoms with E-state index in [0.717, 1.165) is 40.8 Å². The second-order valence-corrected chi connectivity index (χ2v) is 9.65. The monoisotopic (exact) mass is 496 g/mol. The van der Waals surface area contributed by atoms with Crippen molar-refractivity contribution in [1.29, 1.82) is 0 Å². The zero-order valence-electron chi connectivity index (χ0n) is 21.3. The zero-order valence-corrected chi connectivity index (χ0v) is 21.3. The first-order valence-electron chi connectivity index (χ1n) is 12.7. The number of fused-ring (bicyclic) bond motifs is 1. The highest BCUT2D eigenvalue weighted by Gasteiger charge is 2.28. The average molecular weight is 497 g/mol.